The summed E-state index contributed by atoms with van der Waals surface area (Å²) in [5.41, 5.74) is 9.55. The van der Waals surface area contributed by atoms with Crippen molar-refractivity contribution in [2.24, 2.45) is 7.05 Å². The number of anilines is 2. The molecule has 3 aliphatic heterocycles. The monoisotopic (exact) mass is 905 g/mol. The van der Waals surface area contributed by atoms with Gasteiger partial charge in [0.05, 0.1) is 50.2 Å². The van der Waals surface area contributed by atoms with Gasteiger partial charge in [0.15, 0.2) is 0 Å². The van der Waals surface area contributed by atoms with Gasteiger partial charge in [0.2, 0.25) is 5.91 Å². The van der Waals surface area contributed by atoms with E-state index in [1.165, 1.54) is 5.56 Å². The molecule has 3 amide bonds. The summed E-state index contributed by atoms with van der Waals surface area (Å²) in [6, 6.07) is 28.5. The van der Waals surface area contributed by atoms with Gasteiger partial charge in [-0.25, -0.2) is 0 Å². The van der Waals surface area contributed by atoms with Crippen LogP contribution in [0.4, 0.5) is 11.4 Å². The van der Waals surface area contributed by atoms with Gasteiger partial charge in [0.25, 0.3) is 11.8 Å². The first-order valence-corrected chi connectivity index (χ1v) is 23.2. The summed E-state index contributed by atoms with van der Waals surface area (Å²) in [5, 5.41) is 14.7. The molecule has 5 heterocycles. The van der Waals surface area contributed by atoms with Crippen molar-refractivity contribution in [1.29, 1.82) is 0 Å². The van der Waals surface area contributed by atoms with Crippen LogP contribution in [0.3, 0.4) is 0 Å². The number of nitrogens with zero attached hydrogens (tertiary/aromatic N) is 7. The van der Waals surface area contributed by atoms with Crippen LogP contribution in [-0.2, 0) is 60.2 Å². The normalized spacial score (nSPS) is 16.1. The van der Waals surface area contributed by atoms with Crippen molar-refractivity contribution in [3.05, 3.63) is 148 Å². The van der Waals surface area contributed by atoms with Gasteiger partial charge in [0.1, 0.15) is 18.1 Å². The van der Waals surface area contributed by atoms with Crippen LogP contribution < -0.4 is 9.64 Å². The number of phenolic OH excluding ortho intramolecular Hbond substituents is 1. The highest BCUT2D eigenvalue weighted by Gasteiger charge is 2.33. The maximum absolute atomic E-state index is 15.2. The Balaban J connectivity index is 1.01. The molecule has 2 aromatic heterocycles. The first kappa shape index (κ1) is 45.4. The van der Waals surface area contributed by atoms with Gasteiger partial charge in [-0.3, -0.25) is 28.9 Å². The molecule has 67 heavy (non-hydrogen) atoms. The van der Waals surface area contributed by atoms with Crippen LogP contribution in [0.1, 0.15) is 61.2 Å². The molecule has 6 aromatic rings. The molecular weight excluding hydrogens is 847 g/mol. The largest absolute Gasteiger partial charge is 0.508 e. The van der Waals surface area contributed by atoms with Crippen LogP contribution in [0.15, 0.2) is 103 Å². The van der Waals surface area contributed by atoms with Crippen molar-refractivity contribution in [1.82, 2.24) is 29.0 Å². The van der Waals surface area contributed by atoms with E-state index < -0.39 is 0 Å². The van der Waals surface area contributed by atoms with E-state index in [1.807, 2.05) is 76.9 Å². The molecule has 0 bridgehead atoms. The second-order valence-electron chi connectivity index (χ2n) is 17.8. The molecule has 1 N–H and O–H groups in total. The molecular formula is C53H59N7O7. The Bertz CT molecular complexity index is 2740. The van der Waals surface area contributed by atoms with Crippen molar-refractivity contribution < 1.29 is 33.7 Å². The number of carbonyl (C=O) groups is 3. The predicted molar refractivity (Wildman–Crippen MR) is 256 cm³/mol. The molecule has 4 aromatic carbocycles. The Morgan fingerprint density at radius 2 is 1.60 bits per heavy atom. The molecule has 1 fully saturated rings. The van der Waals surface area contributed by atoms with E-state index in [-0.39, 0.29) is 35.9 Å². The third kappa shape index (κ3) is 9.88. The van der Waals surface area contributed by atoms with E-state index in [0.29, 0.717) is 68.3 Å². The quantitative estimate of drug-likeness (QED) is 0.123. The van der Waals surface area contributed by atoms with Crippen LogP contribution in [0.2, 0.25) is 0 Å². The fraction of sp³-hybridized carbons (Fsp3) is 0.358. The summed E-state index contributed by atoms with van der Waals surface area (Å²) in [5.74, 6) is 0.495. The number of aromatic nitrogens is 3. The maximum atomic E-state index is 15.2. The van der Waals surface area contributed by atoms with Crippen LogP contribution in [0.25, 0.3) is 11.3 Å². The number of benzene rings is 4. The Labute approximate surface area is 391 Å². The number of hydrogen-bond donors (Lipinski definition) is 1. The number of phenols is 1. The zero-order valence-electron chi connectivity index (χ0n) is 38.8. The highest BCUT2D eigenvalue weighted by Crippen LogP contribution is 2.37. The molecule has 9 rings (SSSR count). The number of amides is 3. The summed E-state index contributed by atoms with van der Waals surface area (Å²) in [7, 11) is 3.55. The highest BCUT2D eigenvalue weighted by molar-refractivity contribution is 6.12. The lowest BCUT2D eigenvalue weighted by atomic mass is 9.89. The number of carbonyl (C=O) groups excluding carboxylic acids is 3. The standard InChI is InChI=1S/C53H59N7O7/c1-36-27-39-7-5-6-8-41(39)34-59(36)52(63)49-30-42-33-57(51(62)28-38-9-15-46(16-10-38)67-26-21-56-19-24-66-25-20-56)18-17-40(42)29-48(49)50-31-47(37(2)55(50)3)53(64)60(43-11-13-45(61)14-12-43)44-32-54-58(35-44)22-23-65-4/h5-16,29-32,35-36,61H,17-28,33-34H2,1-4H3/t36-/m1/s1. The van der Waals surface area contributed by atoms with E-state index in [9.17, 15) is 14.7 Å². The van der Waals surface area contributed by atoms with Gasteiger partial charge in [-0.2, -0.15) is 5.10 Å². The summed E-state index contributed by atoms with van der Waals surface area (Å²) in [4.78, 5) is 51.8. The molecule has 0 saturated carbocycles. The Morgan fingerprint density at radius 3 is 2.36 bits per heavy atom. The number of fused-ring (bicyclic) bond motifs is 2. The summed E-state index contributed by atoms with van der Waals surface area (Å²) in [6.07, 6.45) is 5.06. The number of aromatic hydroxyl groups is 1. The lowest BCUT2D eigenvalue weighted by molar-refractivity contribution is -0.131. The molecule has 14 heteroatoms. The second-order valence-corrected chi connectivity index (χ2v) is 17.8. The topological polar surface area (TPSA) is 135 Å². The average Bonchev–Trinajstić information content (AvgIpc) is 3.94. The van der Waals surface area contributed by atoms with Crippen LogP contribution in [0.5, 0.6) is 11.5 Å². The minimum Gasteiger partial charge on any atom is -0.508 e. The minimum absolute atomic E-state index is 0.0217. The molecule has 0 spiro atoms. The summed E-state index contributed by atoms with van der Waals surface area (Å²) in [6.45, 7) is 11.1. The molecule has 1 atom stereocenters. The van der Waals surface area contributed by atoms with Gasteiger partial charge in [-0.15, -0.1) is 0 Å². The van der Waals surface area contributed by atoms with Crippen LogP contribution in [-0.4, -0.2) is 118 Å². The molecule has 0 radical (unpaired) electrons. The SMILES string of the molecule is COCCn1cc(N(C(=O)c2cc(-c3cc4c(cc3C(=O)N3Cc5ccccc5C[C@H]3C)CN(C(=O)Cc3ccc(OCCN5CCOCC5)cc3)CC4)n(C)c2C)c2ccc(O)cc2)cn1. The third-order valence-corrected chi connectivity index (χ3v) is 13.5. The zero-order valence-corrected chi connectivity index (χ0v) is 38.8. The van der Waals surface area contributed by atoms with Crippen LogP contribution in [0, 0.1) is 6.92 Å². The Hall–Kier alpha value is -6.74. The van der Waals surface area contributed by atoms with E-state index in [2.05, 4.69) is 35.1 Å². The summed E-state index contributed by atoms with van der Waals surface area (Å²) >= 11 is 0. The van der Waals surface area contributed by atoms with Crippen molar-refractivity contribution >= 4 is 29.1 Å². The highest BCUT2D eigenvalue weighted by atomic mass is 16.5. The first-order chi connectivity index (χ1) is 32.5. The van der Waals surface area contributed by atoms with Gasteiger partial charge in [-0.1, -0.05) is 36.4 Å². The fourth-order valence-corrected chi connectivity index (χ4v) is 9.48. The summed E-state index contributed by atoms with van der Waals surface area (Å²) < 4.78 is 20.4. The van der Waals surface area contributed by atoms with Gasteiger partial charge in [0, 0.05) is 93.9 Å². The lowest BCUT2D eigenvalue weighted by Crippen LogP contribution is -2.43. The number of hydrogen-bond acceptors (Lipinski definition) is 9. The average molecular weight is 906 g/mol. The zero-order chi connectivity index (χ0) is 46.6. The van der Waals surface area contributed by atoms with E-state index in [0.717, 1.165) is 84.2 Å². The van der Waals surface area contributed by atoms with Crippen molar-refractivity contribution in [3.8, 4) is 22.8 Å². The number of methoxy groups -OCH3 is 1. The van der Waals surface area contributed by atoms with Crippen LogP contribution >= 0.6 is 0 Å². The molecule has 0 aliphatic carbocycles. The number of ether oxygens (including phenoxy) is 3. The molecule has 3 aliphatic rings. The lowest BCUT2D eigenvalue weighted by Gasteiger charge is -2.36. The van der Waals surface area contributed by atoms with Crippen molar-refractivity contribution in [3.63, 3.8) is 0 Å². The predicted octanol–water partition coefficient (Wildman–Crippen LogP) is 6.95. The van der Waals surface area contributed by atoms with E-state index >= 15 is 4.79 Å². The molecule has 14 nitrogen and oxygen atoms in total. The Morgan fingerprint density at radius 1 is 0.836 bits per heavy atom. The van der Waals surface area contributed by atoms with E-state index in [4.69, 9.17) is 14.2 Å². The Kier molecular flexibility index (Phi) is 13.6. The van der Waals surface area contributed by atoms with Crippen molar-refractivity contribution in [2.45, 2.75) is 58.8 Å². The van der Waals surface area contributed by atoms with Gasteiger partial charge >= 0.3 is 0 Å². The second kappa shape index (κ2) is 20.0. The van der Waals surface area contributed by atoms with Crippen molar-refractivity contribution in [2.75, 3.05) is 64.6 Å². The van der Waals surface area contributed by atoms with Gasteiger partial charge in [-0.05, 0) is 109 Å². The van der Waals surface area contributed by atoms with Gasteiger partial charge < -0.3 is 33.7 Å². The minimum atomic E-state index is -0.288. The molecule has 348 valence electrons. The first-order valence-electron chi connectivity index (χ1n) is 23.2. The number of morpholine rings is 1. The molecule has 1 saturated heterocycles. The molecule has 0 unspecified atom stereocenters. The third-order valence-electron chi connectivity index (χ3n) is 13.5. The fourth-order valence-electron chi connectivity index (χ4n) is 9.48. The number of rotatable bonds is 14. The maximum Gasteiger partial charge on any atom is 0.264 e. The smallest absolute Gasteiger partial charge is 0.264 e. The van der Waals surface area contributed by atoms with E-state index in [1.54, 1.807) is 53.4 Å².